The van der Waals surface area contributed by atoms with E-state index in [1.54, 1.807) is 36.4 Å². The van der Waals surface area contributed by atoms with Crippen molar-refractivity contribution in [3.8, 4) is 17.2 Å². The molecule has 9 nitrogen and oxygen atoms in total. The first kappa shape index (κ1) is 25.8. The SMILES string of the molecule is CNCCOc1cc(Cl)c(C)cc1NC(=O)NCc1cccc(Oc2ccnc(C(=O)NC)c2)c1. The summed E-state index contributed by atoms with van der Waals surface area (Å²) in [6.45, 7) is 3.21. The molecule has 0 bridgehead atoms. The number of carbonyl (C=O) groups excluding carboxylic acids is 2. The molecule has 184 valence electrons. The van der Waals surface area contributed by atoms with Gasteiger partial charge in [0, 0.05) is 43.5 Å². The second kappa shape index (κ2) is 12.6. The number of pyridine rings is 1. The Hall–Kier alpha value is -3.82. The third-order valence-corrected chi connectivity index (χ3v) is 5.30. The van der Waals surface area contributed by atoms with Crippen molar-refractivity contribution in [2.45, 2.75) is 13.5 Å². The molecule has 0 unspecified atom stereocenters. The summed E-state index contributed by atoms with van der Waals surface area (Å²) in [6.07, 6.45) is 1.50. The molecule has 2 aromatic carbocycles. The largest absolute Gasteiger partial charge is 0.490 e. The van der Waals surface area contributed by atoms with Gasteiger partial charge in [-0.15, -0.1) is 0 Å². The number of aryl methyl sites for hydroxylation is 1. The number of nitrogens with one attached hydrogen (secondary N) is 4. The maximum absolute atomic E-state index is 12.6. The lowest BCUT2D eigenvalue weighted by atomic mass is 10.2. The number of carbonyl (C=O) groups is 2. The van der Waals surface area contributed by atoms with Gasteiger partial charge in [0.2, 0.25) is 0 Å². The van der Waals surface area contributed by atoms with Gasteiger partial charge in [-0.3, -0.25) is 9.78 Å². The second-order valence-electron chi connectivity index (χ2n) is 7.56. The zero-order valence-electron chi connectivity index (χ0n) is 19.8. The van der Waals surface area contributed by atoms with Crippen LogP contribution in [0.5, 0.6) is 17.2 Å². The number of likely N-dealkylation sites (N-methyl/N-ethyl adjacent to an activating group) is 1. The molecular weight excluding hydrogens is 470 g/mol. The highest BCUT2D eigenvalue weighted by molar-refractivity contribution is 6.31. The third kappa shape index (κ3) is 7.59. The summed E-state index contributed by atoms with van der Waals surface area (Å²) in [6, 6.07) is 13.6. The van der Waals surface area contributed by atoms with Crippen molar-refractivity contribution in [3.05, 3.63) is 76.6 Å². The normalized spacial score (nSPS) is 10.4. The van der Waals surface area contributed by atoms with Crippen molar-refractivity contribution in [2.24, 2.45) is 0 Å². The van der Waals surface area contributed by atoms with Crippen molar-refractivity contribution < 1.29 is 19.1 Å². The molecule has 3 amide bonds. The van der Waals surface area contributed by atoms with E-state index in [2.05, 4.69) is 26.3 Å². The molecule has 4 N–H and O–H groups in total. The standard InChI is InChI=1S/C25H28ClN5O4/c1-16-11-21(23(14-20(16)26)34-10-9-27-2)31-25(33)30-15-17-5-4-6-18(12-17)35-19-7-8-29-22(13-19)24(32)28-3/h4-8,11-14,27H,9-10,15H2,1-3H3,(H,28,32)(H2,30,31,33). The number of ether oxygens (including phenoxy) is 2. The summed E-state index contributed by atoms with van der Waals surface area (Å²) in [5, 5.41) is 11.7. The number of rotatable bonds is 10. The van der Waals surface area contributed by atoms with Gasteiger partial charge in [0.1, 0.15) is 29.5 Å². The molecule has 1 aromatic heterocycles. The molecule has 0 saturated carbocycles. The van der Waals surface area contributed by atoms with E-state index in [1.807, 2.05) is 26.1 Å². The fourth-order valence-electron chi connectivity index (χ4n) is 3.07. The first-order valence-electron chi connectivity index (χ1n) is 11.0. The van der Waals surface area contributed by atoms with Gasteiger partial charge in [0.25, 0.3) is 5.91 Å². The Morgan fingerprint density at radius 2 is 1.86 bits per heavy atom. The van der Waals surface area contributed by atoms with Gasteiger partial charge in [0.05, 0.1) is 5.69 Å². The van der Waals surface area contributed by atoms with Gasteiger partial charge in [-0.05, 0) is 49.4 Å². The zero-order chi connectivity index (χ0) is 25.2. The average molecular weight is 498 g/mol. The number of nitrogens with zero attached hydrogens (tertiary/aromatic N) is 1. The van der Waals surface area contributed by atoms with Crippen LogP contribution in [0.15, 0.2) is 54.7 Å². The Morgan fingerprint density at radius 1 is 1.06 bits per heavy atom. The van der Waals surface area contributed by atoms with Gasteiger partial charge < -0.3 is 30.7 Å². The lowest BCUT2D eigenvalue weighted by molar-refractivity contribution is 0.0958. The van der Waals surface area contributed by atoms with Crippen LogP contribution in [0.4, 0.5) is 10.5 Å². The Morgan fingerprint density at radius 3 is 2.63 bits per heavy atom. The van der Waals surface area contributed by atoms with Crippen molar-refractivity contribution in [1.82, 2.24) is 20.9 Å². The zero-order valence-corrected chi connectivity index (χ0v) is 20.5. The van der Waals surface area contributed by atoms with Crippen molar-refractivity contribution in [2.75, 3.05) is 32.6 Å². The van der Waals surface area contributed by atoms with E-state index in [1.165, 1.54) is 13.2 Å². The summed E-state index contributed by atoms with van der Waals surface area (Å²) in [7, 11) is 3.37. The quantitative estimate of drug-likeness (QED) is 0.313. The molecule has 0 saturated heterocycles. The molecule has 10 heteroatoms. The molecule has 35 heavy (non-hydrogen) atoms. The first-order valence-corrected chi connectivity index (χ1v) is 11.3. The van der Waals surface area contributed by atoms with Gasteiger partial charge in [-0.1, -0.05) is 23.7 Å². The molecule has 0 aliphatic rings. The lowest BCUT2D eigenvalue weighted by Gasteiger charge is -2.15. The van der Waals surface area contributed by atoms with Crippen LogP contribution in [0, 0.1) is 6.92 Å². The Kier molecular flexibility index (Phi) is 9.28. The van der Waals surface area contributed by atoms with E-state index in [-0.39, 0.29) is 24.2 Å². The Balaban J connectivity index is 1.62. The summed E-state index contributed by atoms with van der Waals surface area (Å²) < 4.78 is 11.6. The van der Waals surface area contributed by atoms with E-state index < -0.39 is 0 Å². The predicted molar refractivity (Wildman–Crippen MR) is 136 cm³/mol. The number of hydrogen-bond acceptors (Lipinski definition) is 6. The monoisotopic (exact) mass is 497 g/mol. The highest BCUT2D eigenvalue weighted by Gasteiger charge is 2.12. The molecule has 0 spiro atoms. The summed E-state index contributed by atoms with van der Waals surface area (Å²) >= 11 is 6.22. The minimum absolute atomic E-state index is 0.256. The number of hydrogen-bond donors (Lipinski definition) is 4. The highest BCUT2D eigenvalue weighted by atomic mass is 35.5. The van der Waals surface area contributed by atoms with Crippen LogP contribution in [-0.2, 0) is 6.54 Å². The predicted octanol–water partition coefficient (Wildman–Crippen LogP) is 4.12. The van der Waals surface area contributed by atoms with E-state index in [0.29, 0.717) is 41.1 Å². The summed E-state index contributed by atoms with van der Waals surface area (Å²) in [5.74, 6) is 1.23. The van der Waals surface area contributed by atoms with Gasteiger partial charge in [0.15, 0.2) is 0 Å². The number of anilines is 1. The van der Waals surface area contributed by atoms with Crippen LogP contribution < -0.4 is 30.7 Å². The molecule has 1 heterocycles. The smallest absolute Gasteiger partial charge is 0.319 e. The van der Waals surface area contributed by atoms with E-state index in [0.717, 1.165) is 11.1 Å². The molecule has 3 aromatic rings. The molecule has 0 radical (unpaired) electrons. The minimum atomic E-state index is -0.388. The van der Waals surface area contributed by atoms with Crippen LogP contribution >= 0.6 is 11.6 Å². The Bertz CT molecular complexity index is 1190. The van der Waals surface area contributed by atoms with Crippen LogP contribution in [0.25, 0.3) is 0 Å². The number of benzene rings is 2. The molecule has 0 aliphatic carbocycles. The second-order valence-corrected chi connectivity index (χ2v) is 7.97. The number of halogens is 1. The molecular formula is C25H28ClN5O4. The summed E-state index contributed by atoms with van der Waals surface area (Å²) in [4.78, 5) is 28.4. The lowest BCUT2D eigenvalue weighted by Crippen LogP contribution is -2.28. The van der Waals surface area contributed by atoms with Crippen LogP contribution in [0.2, 0.25) is 5.02 Å². The maximum atomic E-state index is 12.6. The fraction of sp³-hybridized carbons (Fsp3) is 0.240. The van der Waals surface area contributed by atoms with Crippen LogP contribution in [0.3, 0.4) is 0 Å². The molecule has 0 atom stereocenters. The molecule has 0 aliphatic heterocycles. The van der Waals surface area contributed by atoms with Gasteiger partial charge in [-0.2, -0.15) is 0 Å². The highest BCUT2D eigenvalue weighted by Crippen LogP contribution is 2.31. The Labute approximate surface area is 209 Å². The van der Waals surface area contributed by atoms with Crippen molar-refractivity contribution in [1.29, 1.82) is 0 Å². The van der Waals surface area contributed by atoms with Gasteiger partial charge in [-0.25, -0.2) is 4.79 Å². The molecule has 0 fully saturated rings. The van der Waals surface area contributed by atoms with Crippen molar-refractivity contribution in [3.63, 3.8) is 0 Å². The van der Waals surface area contributed by atoms with E-state index in [9.17, 15) is 9.59 Å². The number of aromatic nitrogens is 1. The van der Waals surface area contributed by atoms with Crippen LogP contribution in [-0.4, -0.2) is 44.2 Å². The minimum Gasteiger partial charge on any atom is -0.490 e. The number of urea groups is 1. The number of amides is 3. The fourth-order valence-corrected chi connectivity index (χ4v) is 3.23. The average Bonchev–Trinajstić information content (AvgIpc) is 2.85. The first-order chi connectivity index (χ1) is 16.9. The topological polar surface area (TPSA) is 114 Å². The van der Waals surface area contributed by atoms with E-state index >= 15 is 0 Å². The van der Waals surface area contributed by atoms with E-state index in [4.69, 9.17) is 21.1 Å². The summed E-state index contributed by atoms with van der Waals surface area (Å²) in [5.41, 5.74) is 2.44. The molecule has 3 rings (SSSR count). The van der Waals surface area contributed by atoms with Crippen molar-refractivity contribution >= 4 is 29.2 Å². The van der Waals surface area contributed by atoms with Gasteiger partial charge >= 0.3 is 6.03 Å². The van der Waals surface area contributed by atoms with Crippen LogP contribution in [0.1, 0.15) is 21.6 Å². The maximum Gasteiger partial charge on any atom is 0.319 e. The third-order valence-electron chi connectivity index (χ3n) is 4.90.